The Labute approximate surface area is 172 Å². The summed E-state index contributed by atoms with van der Waals surface area (Å²) < 4.78 is 11.4. The predicted octanol–water partition coefficient (Wildman–Crippen LogP) is 0.342. The molecule has 0 radical (unpaired) electrons. The number of aliphatic carboxylic acids is 2. The Hall–Kier alpha value is -2.20. The topological polar surface area (TPSA) is 127 Å². The number of carbonyl (C=O) groups excluding carboxylic acids is 2. The standard InChI is InChI=1S/C19H34N2O8/c1-20(2,3)12-14(10-16(22)23)28-18(26)8-7-9-19(27)29-15(11-17(24)25)13-21(4,5)6/h14-15H,7-13H2,1-6H3/p+2/t14-,15-/m0/s1. The number of nitrogens with zero attached hydrogens (tertiary/aromatic N) is 2. The first-order valence-electron chi connectivity index (χ1n) is 9.51. The molecule has 0 aromatic rings. The Bertz CT molecular complexity index is 528. The van der Waals surface area contributed by atoms with Gasteiger partial charge in [0.25, 0.3) is 0 Å². The Morgan fingerprint density at radius 3 is 1.24 bits per heavy atom. The first-order valence-corrected chi connectivity index (χ1v) is 9.51. The van der Waals surface area contributed by atoms with Gasteiger partial charge in [-0.3, -0.25) is 19.2 Å². The molecule has 2 atom stereocenters. The highest BCUT2D eigenvalue weighted by molar-refractivity contribution is 5.74. The van der Waals surface area contributed by atoms with Crippen LogP contribution in [-0.2, 0) is 28.7 Å². The normalized spacial score (nSPS) is 14.0. The molecule has 0 aromatic carbocycles. The molecule has 10 nitrogen and oxygen atoms in total. The second kappa shape index (κ2) is 11.7. The van der Waals surface area contributed by atoms with Crippen molar-refractivity contribution in [1.29, 1.82) is 0 Å². The van der Waals surface area contributed by atoms with Gasteiger partial charge in [-0.05, 0) is 6.42 Å². The third-order valence-corrected chi connectivity index (χ3v) is 3.67. The first kappa shape index (κ1) is 26.8. The fourth-order valence-corrected chi connectivity index (χ4v) is 2.77. The van der Waals surface area contributed by atoms with E-state index in [9.17, 15) is 19.2 Å². The van der Waals surface area contributed by atoms with Gasteiger partial charge in [-0.2, -0.15) is 0 Å². The van der Waals surface area contributed by atoms with Crippen LogP contribution in [0.2, 0.25) is 0 Å². The Morgan fingerprint density at radius 2 is 1.00 bits per heavy atom. The summed E-state index contributed by atoms with van der Waals surface area (Å²) in [5.74, 6) is -3.26. The SMILES string of the molecule is C[N+](C)(C)C[C@H](CC(=O)O)OC(=O)CCCC(=O)O[C@@H](CC(=O)O)C[N+](C)(C)C. The van der Waals surface area contributed by atoms with Crippen LogP contribution in [-0.4, -0.2) is 111 Å². The number of ether oxygens (including phenoxy) is 2. The molecule has 0 rings (SSSR count). The zero-order valence-electron chi connectivity index (χ0n) is 18.3. The van der Waals surface area contributed by atoms with Crippen LogP contribution < -0.4 is 0 Å². The van der Waals surface area contributed by atoms with Crippen molar-refractivity contribution >= 4 is 23.9 Å². The molecule has 0 bridgehead atoms. The molecule has 168 valence electrons. The van der Waals surface area contributed by atoms with E-state index in [1.165, 1.54) is 0 Å². The maximum absolute atomic E-state index is 12.0. The highest BCUT2D eigenvalue weighted by atomic mass is 16.6. The number of carboxylic acid groups (broad SMARTS) is 2. The second-order valence-electron chi connectivity index (χ2n) is 9.22. The van der Waals surface area contributed by atoms with E-state index in [1.807, 2.05) is 42.3 Å². The minimum atomic E-state index is -1.05. The lowest BCUT2D eigenvalue weighted by Gasteiger charge is -2.28. The average Bonchev–Trinajstić information content (AvgIpc) is 2.41. The van der Waals surface area contributed by atoms with E-state index in [2.05, 4.69) is 0 Å². The zero-order chi connectivity index (χ0) is 22.8. The van der Waals surface area contributed by atoms with Crippen LogP contribution in [0.15, 0.2) is 0 Å². The van der Waals surface area contributed by atoms with E-state index in [4.69, 9.17) is 19.7 Å². The third-order valence-electron chi connectivity index (χ3n) is 3.67. The maximum Gasteiger partial charge on any atom is 0.307 e. The molecule has 0 aliphatic carbocycles. The smallest absolute Gasteiger partial charge is 0.307 e. The fourth-order valence-electron chi connectivity index (χ4n) is 2.77. The summed E-state index contributed by atoms with van der Waals surface area (Å²) in [4.78, 5) is 45.9. The quantitative estimate of drug-likeness (QED) is 0.304. The molecule has 0 fully saturated rings. The molecular formula is C19H36N2O8+2. The van der Waals surface area contributed by atoms with Crippen LogP contribution in [0.3, 0.4) is 0 Å². The number of hydrogen-bond donors (Lipinski definition) is 2. The average molecular weight is 421 g/mol. The van der Waals surface area contributed by atoms with Gasteiger partial charge in [0.15, 0.2) is 12.2 Å². The largest absolute Gasteiger partial charge is 0.481 e. The van der Waals surface area contributed by atoms with Crippen molar-refractivity contribution in [3.63, 3.8) is 0 Å². The molecule has 0 aliphatic heterocycles. The Morgan fingerprint density at radius 1 is 0.690 bits per heavy atom. The van der Waals surface area contributed by atoms with E-state index < -0.39 is 36.1 Å². The lowest BCUT2D eigenvalue weighted by atomic mass is 10.2. The summed E-state index contributed by atoms with van der Waals surface area (Å²) in [5, 5.41) is 17.9. The molecular weight excluding hydrogens is 384 g/mol. The molecule has 0 aliphatic rings. The summed E-state index contributed by atoms with van der Waals surface area (Å²) >= 11 is 0. The molecule has 0 heterocycles. The van der Waals surface area contributed by atoms with E-state index in [-0.39, 0.29) is 32.1 Å². The summed E-state index contributed by atoms with van der Waals surface area (Å²) in [6.45, 7) is 0.698. The van der Waals surface area contributed by atoms with Gasteiger partial charge in [-0.1, -0.05) is 0 Å². The highest BCUT2D eigenvalue weighted by Crippen LogP contribution is 2.11. The van der Waals surface area contributed by atoms with Gasteiger partial charge in [-0.25, -0.2) is 0 Å². The van der Waals surface area contributed by atoms with Crippen LogP contribution in [0.25, 0.3) is 0 Å². The molecule has 10 heteroatoms. The van der Waals surface area contributed by atoms with Gasteiger partial charge in [0.05, 0.1) is 55.1 Å². The number of quaternary nitrogens is 2. The fraction of sp³-hybridized carbons (Fsp3) is 0.789. The molecule has 0 saturated heterocycles. The minimum absolute atomic E-state index is 0.0543. The van der Waals surface area contributed by atoms with Crippen LogP contribution in [0.1, 0.15) is 32.1 Å². The van der Waals surface area contributed by atoms with E-state index in [0.29, 0.717) is 22.1 Å². The van der Waals surface area contributed by atoms with Gasteiger partial charge >= 0.3 is 23.9 Å². The number of carboxylic acids is 2. The molecule has 0 amide bonds. The van der Waals surface area contributed by atoms with Crippen LogP contribution >= 0.6 is 0 Å². The lowest BCUT2D eigenvalue weighted by molar-refractivity contribution is -0.873. The predicted molar refractivity (Wildman–Crippen MR) is 104 cm³/mol. The number of esters is 2. The van der Waals surface area contributed by atoms with Crippen molar-refractivity contribution in [2.75, 3.05) is 55.4 Å². The van der Waals surface area contributed by atoms with Crippen LogP contribution in [0.4, 0.5) is 0 Å². The van der Waals surface area contributed by atoms with Gasteiger partial charge in [0.1, 0.15) is 13.1 Å². The van der Waals surface area contributed by atoms with Crippen LogP contribution in [0, 0.1) is 0 Å². The van der Waals surface area contributed by atoms with Gasteiger partial charge in [-0.15, -0.1) is 0 Å². The van der Waals surface area contributed by atoms with Crippen LogP contribution in [0.5, 0.6) is 0 Å². The van der Waals surface area contributed by atoms with Gasteiger partial charge in [0, 0.05) is 12.8 Å². The Balaban J connectivity index is 4.52. The highest BCUT2D eigenvalue weighted by Gasteiger charge is 2.26. The molecule has 0 unspecified atom stereocenters. The van der Waals surface area contributed by atoms with Crippen molar-refractivity contribution in [2.45, 2.75) is 44.3 Å². The van der Waals surface area contributed by atoms with E-state index >= 15 is 0 Å². The molecule has 29 heavy (non-hydrogen) atoms. The molecule has 0 saturated carbocycles. The zero-order valence-corrected chi connectivity index (χ0v) is 18.3. The molecule has 0 spiro atoms. The second-order valence-corrected chi connectivity index (χ2v) is 9.22. The lowest BCUT2D eigenvalue weighted by Crippen LogP contribution is -2.44. The molecule has 0 aromatic heterocycles. The summed E-state index contributed by atoms with van der Waals surface area (Å²) in [5.41, 5.74) is 0. The number of carbonyl (C=O) groups is 4. The van der Waals surface area contributed by atoms with Gasteiger partial charge < -0.3 is 28.7 Å². The summed E-state index contributed by atoms with van der Waals surface area (Å²) in [7, 11) is 11.2. The number of rotatable bonds is 14. The molecule has 2 N–H and O–H groups in total. The number of hydrogen-bond acceptors (Lipinski definition) is 6. The first-order chi connectivity index (χ1) is 13.1. The number of likely N-dealkylation sites (N-methyl/N-ethyl adjacent to an activating group) is 2. The van der Waals surface area contributed by atoms with E-state index in [1.54, 1.807) is 0 Å². The van der Waals surface area contributed by atoms with Crippen molar-refractivity contribution in [1.82, 2.24) is 0 Å². The monoisotopic (exact) mass is 420 g/mol. The van der Waals surface area contributed by atoms with Crippen molar-refractivity contribution in [3.05, 3.63) is 0 Å². The van der Waals surface area contributed by atoms with Crippen molar-refractivity contribution < 1.29 is 47.8 Å². The minimum Gasteiger partial charge on any atom is -0.481 e. The maximum atomic E-state index is 12.0. The summed E-state index contributed by atoms with van der Waals surface area (Å²) in [6, 6.07) is 0. The third kappa shape index (κ3) is 16.5. The van der Waals surface area contributed by atoms with Crippen molar-refractivity contribution in [2.24, 2.45) is 0 Å². The Kier molecular flexibility index (Phi) is 10.8. The van der Waals surface area contributed by atoms with Crippen molar-refractivity contribution in [3.8, 4) is 0 Å². The van der Waals surface area contributed by atoms with E-state index in [0.717, 1.165) is 0 Å². The summed E-state index contributed by atoms with van der Waals surface area (Å²) in [6.07, 6.45) is -2.02. The van der Waals surface area contributed by atoms with Gasteiger partial charge in [0.2, 0.25) is 0 Å².